The van der Waals surface area contributed by atoms with Crippen molar-refractivity contribution >= 4 is 0 Å². The number of hydrogen-bond acceptors (Lipinski definition) is 2. The first-order valence-electron chi connectivity index (χ1n) is 7.02. The molecule has 1 rings (SSSR count). The lowest BCUT2D eigenvalue weighted by Gasteiger charge is -2.15. The highest BCUT2D eigenvalue weighted by Crippen LogP contribution is 2.13. The number of nitrogens with one attached hydrogen (secondary N) is 1. The molecule has 3 nitrogen and oxygen atoms in total. The SMILES string of the molecule is CCCNCC(CCC)Cc1cnn(CC)c1. The Morgan fingerprint density at radius 1 is 1.29 bits per heavy atom. The molecule has 0 saturated heterocycles. The van der Waals surface area contributed by atoms with Gasteiger partial charge < -0.3 is 5.32 Å². The molecule has 1 unspecified atom stereocenters. The van der Waals surface area contributed by atoms with Crippen LogP contribution in [0.2, 0.25) is 0 Å². The smallest absolute Gasteiger partial charge is 0.0521 e. The Hall–Kier alpha value is -0.830. The Morgan fingerprint density at radius 3 is 2.71 bits per heavy atom. The summed E-state index contributed by atoms with van der Waals surface area (Å²) in [5, 5.41) is 7.87. The van der Waals surface area contributed by atoms with Crippen molar-refractivity contribution in [2.45, 2.75) is 53.0 Å². The van der Waals surface area contributed by atoms with Gasteiger partial charge in [-0.2, -0.15) is 5.10 Å². The molecule has 1 aromatic heterocycles. The maximum atomic E-state index is 4.34. The van der Waals surface area contributed by atoms with E-state index in [-0.39, 0.29) is 0 Å². The summed E-state index contributed by atoms with van der Waals surface area (Å²) >= 11 is 0. The summed E-state index contributed by atoms with van der Waals surface area (Å²) < 4.78 is 2.01. The Balaban J connectivity index is 2.41. The second-order valence-electron chi connectivity index (χ2n) is 4.77. The third-order valence-corrected chi connectivity index (χ3v) is 3.09. The van der Waals surface area contributed by atoms with E-state index >= 15 is 0 Å². The second-order valence-corrected chi connectivity index (χ2v) is 4.77. The first-order valence-corrected chi connectivity index (χ1v) is 7.02. The zero-order valence-corrected chi connectivity index (χ0v) is 11.6. The largest absolute Gasteiger partial charge is 0.316 e. The Bertz CT molecular complexity index is 293. The van der Waals surface area contributed by atoms with E-state index in [1.807, 2.05) is 10.9 Å². The average molecular weight is 237 g/mol. The van der Waals surface area contributed by atoms with Crippen molar-refractivity contribution in [3.8, 4) is 0 Å². The van der Waals surface area contributed by atoms with E-state index in [1.54, 1.807) is 0 Å². The van der Waals surface area contributed by atoms with Crippen LogP contribution in [-0.4, -0.2) is 22.9 Å². The van der Waals surface area contributed by atoms with Gasteiger partial charge in [0, 0.05) is 12.7 Å². The molecule has 0 amide bonds. The summed E-state index contributed by atoms with van der Waals surface area (Å²) in [5.74, 6) is 0.751. The van der Waals surface area contributed by atoms with Crippen molar-refractivity contribution in [2.75, 3.05) is 13.1 Å². The summed E-state index contributed by atoms with van der Waals surface area (Å²) in [6, 6.07) is 0. The second kappa shape index (κ2) is 8.29. The summed E-state index contributed by atoms with van der Waals surface area (Å²) in [6.45, 7) is 9.85. The van der Waals surface area contributed by atoms with Gasteiger partial charge in [-0.1, -0.05) is 20.3 Å². The third-order valence-electron chi connectivity index (χ3n) is 3.09. The number of nitrogens with zero attached hydrogens (tertiary/aromatic N) is 2. The van der Waals surface area contributed by atoms with Gasteiger partial charge >= 0.3 is 0 Å². The standard InChI is InChI=1S/C14H27N3/c1-4-7-13(10-15-8-5-2)9-14-11-16-17(6-3)12-14/h11-13,15H,4-10H2,1-3H3. The minimum atomic E-state index is 0.751. The van der Waals surface area contributed by atoms with Gasteiger partial charge in [-0.05, 0) is 50.8 Å². The van der Waals surface area contributed by atoms with E-state index in [2.05, 4.69) is 37.4 Å². The van der Waals surface area contributed by atoms with Crippen LogP contribution in [0.3, 0.4) is 0 Å². The summed E-state index contributed by atoms with van der Waals surface area (Å²) in [4.78, 5) is 0. The van der Waals surface area contributed by atoms with Crippen LogP contribution in [0.4, 0.5) is 0 Å². The van der Waals surface area contributed by atoms with E-state index in [4.69, 9.17) is 0 Å². The molecule has 0 fully saturated rings. The van der Waals surface area contributed by atoms with Crippen molar-refractivity contribution < 1.29 is 0 Å². The molecule has 0 radical (unpaired) electrons. The molecular weight excluding hydrogens is 210 g/mol. The van der Waals surface area contributed by atoms with Crippen molar-refractivity contribution in [3.05, 3.63) is 18.0 Å². The lowest BCUT2D eigenvalue weighted by Crippen LogP contribution is -2.24. The van der Waals surface area contributed by atoms with Gasteiger partial charge in [-0.25, -0.2) is 0 Å². The molecule has 1 aromatic rings. The lowest BCUT2D eigenvalue weighted by molar-refractivity contribution is 0.439. The molecule has 1 heterocycles. The highest BCUT2D eigenvalue weighted by molar-refractivity contribution is 5.05. The molecular formula is C14H27N3. The number of rotatable bonds is 9. The van der Waals surface area contributed by atoms with Crippen LogP contribution >= 0.6 is 0 Å². The summed E-state index contributed by atoms with van der Waals surface area (Å²) in [5.41, 5.74) is 1.38. The molecule has 1 N–H and O–H groups in total. The fraction of sp³-hybridized carbons (Fsp3) is 0.786. The molecule has 0 aliphatic heterocycles. The Labute approximate surface area is 106 Å². The molecule has 0 saturated carbocycles. The molecule has 0 aromatic carbocycles. The van der Waals surface area contributed by atoms with Gasteiger partial charge in [0.2, 0.25) is 0 Å². The molecule has 0 spiro atoms. The maximum absolute atomic E-state index is 4.34. The predicted molar refractivity (Wildman–Crippen MR) is 73.2 cm³/mol. The van der Waals surface area contributed by atoms with Gasteiger partial charge in [0.05, 0.1) is 6.20 Å². The minimum absolute atomic E-state index is 0.751. The highest BCUT2D eigenvalue weighted by atomic mass is 15.3. The molecule has 0 aliphatic carbocycles. The summed E-state index contributed by atoms with van der Waals surface area (Å²) in [7, 11) is 0. The van der Waals surface area contributed by atoms with Gasteiger partial charge in [0.25, 0.3) is 0 Å². The molecule has 0 bridgehead atoms. The number of hydrogen-bond donors (Lipinski definition) is 1. The fourth-order valence-electron chi connectivity index (χ4n) is 2.19. The summed E-state index contributed by atoms with van der Waals surface area (Å²) in [6.07, 6.45) is 9.14. The van der Waals surface area contributed by atoms with Crippen LogP contribution < -0.4 is 5.32 Å². The van der Waals surface area contributed by atoms with Crippen molar-refractivity contribution in [1.29, 1.82) is 0 Å². The normalized spacial score (nSPS) is 12.9. The molecule has 0 aliphatic rings. The van der Waals surface area contributed by atoms with Gasteiger partial charge in [-0.3, -0.25) is 4.68 Å². The molecule has 17 heavy (non-hydrogen) atoms. The lowest BCUT2D eigenvalue weighted by atomic mass is 9.96. The van der Waals surface area contributed by atoms with Crippen LogP contribution in [-0.2, 0) is 13.0 Å². The highest BCUT2D eigenvalue weighted by Gasteiger charge is 2.09. The van der Waals surface area contributed by atoms with Crippen molar-refractivity contribution in [3.63, 3.8) is 0 Å². The van der Waals surface area contributed by atoms with Crippen molar-refractivity contribution in [2.24, 2.45) is 5.92 Å². The van der Waals surface area contributed by atoms with Crippen LogP contribution in [0.15, 0.2) is 12.4 Å². The number of aromatic nitrogens is 2. The topological polar surface area (TPSA) is 29.9 Å². The Morgan fingerprint density at radius 2 is 2.12 bits per heavy atom. The van der Waals surface area contributed by atoms with Crippen LogP contribution in [0.25, 0.3) is 0 Å². The Kier molecular flexibility index (Phi) is 6.94. The first kappa shape index (κ1) is 14.2. The van der Waals surface area contributed by atoms with E-state index in [9.17, 15) is 0 Å². The molecule has 98 valence electrons. The van der Waals surface area contributed by atoms with Gasteiger partial charge in [0.15, 0.2) is 0 Å². The van der Waals surface area contributed by atoms with Crippen LogP contribution in [0.1, 0.15) is 45.6 Å². The molecule has 1 atom stereocenters. The quantitative estimate of drug-likeness (QED) is 0.669. The fourth-order valence-corrected chi connectivity index (χ4v) is 2.19. The number of aryl methyl sites for hydroxylation is 1. The predicted octanol–water partition coefficient (Wildman–Crippen LogP) is 2.86. The maximum Gasteiger partial charge on any atom is 0.0521 e. The van der Waals surface area contributed by atoms with Crippen LogP contribution in [0.5, 0.6) is 0 Å². The van der Waals surface area contributed by atoms with E-state index < -0.39 is 0 Å². The van der Waals surface area contributed by atoms with Gasteiger partial charge in [-0.15, -0.1) is 0 Å². The van der Waals surface area contributed by atoms with Gasteiger partial charge in [0.1, 0.15) is 0 Å². The molecule has 3 heteroatoms. The van der Waals surface area contributed by atoms with Crippen LogP contribution in [0, 0.1) is 5.92 Å². The van der Waals surface area contributed by atoms with E-state index in [0.29, 0.717) is 0 Å². The zero-order chi connectivity index (χ0) is 12.5. The monoisotopic (exact) mass is 237 g/mol. The van der Waals surface area contributed by atoms with Crippen molar-refractivity contribution in [1.82, 2.24) is 15.1 Å². The van der Waals surface area contributed by atoms with E-state index in [1.165, 1.54) is 24.8 Å². The zero-order valence-electron chi connectivity index (χ0n) is 11.6. The first-order chi connectivity index (χ1) is 8.30. The third kappa shape index (κ3) is 5.35. The minimum Gasteiger partial charge on any atom is -0.316 e. The van der Waals surface area contributed by atoms with E-state index in [0.717, 1.165) is 32.0 Å². The average Bonchev–Trinajstić information content (AvgIpc) is 2.77.